The number of anilines is 1. The summed E-state index contributed by atoms with van der Waals surface area (Å²) in [6, 6.07) is 5.30. The number of thiazole rings is 1. The standard InChI is InChI=1S/C15H16FN3O2S/c16-11-5-3-10(4-6-11)13(18-15(20)21)12-9-17-14(22-12)19-7-1-2-8-19/h3-6,9,13,18H,1-2,7-8H2,(H,20,21). The van der Waals surface area contributed by atoms with Crippen LogP contribution in [0.2, 0.25) is 0 Å². The Hall–Kier alpha value is -2.15. The van der Waals surface area contributed by atoms with Gasteiger partial charge in [0.2, 0.25) is 0 Å². The van der Waals surface area contributed by atoms with Crippen molar-refractivity contribution in [3.63, 3.8) is 0 Å². The Morgan fingerprint density at radius 2 is 2.00 bits per heavy atom. The first-order valence-electron chi connectivity index (χ1n) is 7.09. The van der Waals surface area contributed by atoms with Crippen LogP contribution in [0.5, 0.6) is 0 Å². The van der Waals surface area contributed by atoms with Crippen molar-refractivity contribution < 1.29 is 14.3 Å². The third kappa shape index (κ3) is 3.19. The normalized spacial score (nSPS) is 15.8. The number of hydrogen-bond donors (Lipinski definition) is 2. The van der Waals surface area contributed by atoms with Crippen molar-refractivity contribution in [2.75, 3.05) is 18.0 Å². The van der Waals surface area contributed by atoms with Crippen molar-refractivity contribution in [2.24, 2.45) is 0 Å². The van der Waals surface area contributed by atoms with E-state index in [4.69, 9.17) is 5.11 Å². The van der Waals surface area contributed by atoms with Crippen LogP contribution >= 0.6 is 11.3 Å². The van der Waals surface area contributed by atoms with Gasteiger partial charge in [-0.15, -0.1) is 0 Å². The lowest BCUT2D eigenvalue weighted by molar-refractivity contribution is 0.192. The fourth-order valence-electron chi connectivity index (χ4n) is 2.56. The number of nitrogens with zero attached hydrogens (tertiary/aromatic N) is 2. The minimum atomic E-state index is -1.12. The van der Waals surface area contributed by atoms with Gasteiger partial charge in [-0.25, -0.2) is 14.2 Å². The first kappa shape index (κ1) is 14.8. The van der Waals surface area contributed by atoms with Gasteiger partial charge in [0.1, 0.15) is 5.82 Å². The Labute approximate surface area is 131 Å². The molecule has 1 aliphatic heterocycles. The molecule has 2 heterocycles. The molecule has 1 aromatic carbocycles. The molecule has 1 amide bonds. The first-order valence-corrected chi connectivity index (χ1v) is 7.91. The quantitative estimate of drug-likeness (QED) is 0.907. The van der Waals surface area contributed by atoms with E-state index in [9.17, 15) is 9.18 Å². The summed E-state index contributed by atoms with van der Waals surface area (Å²) in [4.78, 5) is 18.5. The summed E-state index contributed by atoms with van der Waals surface area (Å²) >= 11 is 1.47. The van der Waals surface area contributed by atoms with Gasteiger partial charge < -0.3 is 15.3 Å². The maximum absolute atomic E-state index is 13.1. The zero-order valence-electron chi connectivity index (χ0n) is 11.8. The van der Waals surface area contributed by atoms with E-state index in [-0.39, 0.29) is 5.82 Å². The third-order valence-corrected chi connectivity index (χ3v) is 4.77. The second-order valence-corrected chi connectivity index (χ2v) is 6.21. The van der Waals surface area contributed by atoms with E-state index >= 15 is 0 Å². The van der Waals surface area contributed by atoms with Crippen LogP contribution < -0.4 is 10.2 Å². The predicted molar refractivity (Wildman–Crippen MR) is 83.0 cm³/mol. The van der Waals surface area contributed by atoms with Crippen LogP contribution in [0, 0.1) is 5.82 Å². The Kier molecular flexibility index (Phi) is 4.24. The highest BCUT2D eigenvalue weighted by Gasteiger charge is 2.22. The summed E-state index contributed by atoms with van der Waals surface area (Å²) in [7, 11) is 0. The van der Waals surface area contributed by atoms with Gasteiger partial charge in [-0.2, -0.15) is 0 Å². The average molecular weight is 321 g/mol. The van der Waals surface area contributed by atoms with Crippen LogP contribution in [-0.4, -0.2) is 29.3 Å². The van der Waals surface area contributed by atoms with Gasteiger partial charge in [-0.3, -0.25) is 0 Å². The molecule has 7 heteroatoms. The topological polar surface area (TPSA) is 65.5 Å². The average Bonchev–Trinajstić information content (AvgIpc) is 3.16. The zero-order valence-corrected chi connectivity index (χ0v) is 12.6. The smallest absolute Gasteiger partial charge is 0.405 e. The number of aromatic nitrogens is 1. The monoisotopic (exact) mass is 321 g/mol. The predicted octanol–water partition coefficient (Wildman–Crippen LogP) is 3.24. The number of amides is 1. The van der Waals surface area contributed by atoms with Crippen LogP contribution in [0.3, 0.4) is 0 Å². The van der Waals surface area contributed by atoms with Gasteiger partial charge in [0.25, 0.3) is 0 Å². The van der Waals surface area contributed by atoms with Crippen molar-refractivity contribution in [2.45, 2.75) is 18.9 Å². The molecule has 1 saturated heterocycles. The molecule has 3 rings (SSSR count). The first-order chi connectivity index (χ1) is 10.6. The minimum absolute atomic E-state index is 0.347. The number of carbonyl (C=O) groups is 1. The summed E-state index contributed by atoms with van der Waals surface area (Å²) < 4.78 is 13.1. The summed E-state index contributed by atoms with van der Waals surface area (Å²) in [5.41, 5.74) is 0.695. The molecular formula is C15H16FN3O2S. The lowest BCUT2D eigenvalue weighted by Gasteiger charge is -2.16. The zero-order chi connectivity index (χ0) is 15.5. The van der Waals surface area contributed by atoms with Crippen molar-refractivity contribution in [1.82, 2.24) is 10.3 Å². The molecule has 116 valence electrons. The highest BCUT2D eigenvalue weighted by Crippen LogP contribution is 2.32. The number of halogens is 1. The minimum Gasteiger partial charge on any atom is -0.465 e. The van der Waals surface area contributed by atoms with E-state index < -0.39 is 12.1 Å². The molecule has 1 aromatic heterocycles. The summed E-state index contributed by atoms with van der Waals surface area (Å²) in [6.45, 7) is 1.97. The fraction of sp³-hybridized carbons (Fsp3) is 0.333. The molecule has 1 unspecified atom stereocenters. The fourth-order valence-corrected chi connectivity index (χ4v) is 3.61. The lowest BCUT2D eigenvalue weighted by Crippen LogP contribution is -2.27. The number of benzene rings is 1. The number of nitrogens with one attached hydrogen (secondary N) is 1. The van der Waals surface area contributed by atoms with Crippen LogP contribution in [0.15, 0.2) is 30.5 Å². The highest BCUT2D eigenvalue weighted by molar-refractivity contribution is 7.15. The van der Waals surface area contributed by atoms with E-state index in [2.05, 4.69) is 15.2 Å². The van der Waals surface area contributed by atoms with Crippen LogP contribution in [0.25, 0.3) is 0 Å². The summed E-state index contributed by atoms with van der Waals surface area (Å²) in [5, 5.41) is 12.5. The summed E-state index contributed by atoms with van der Waals surface area (Å²) in [6.07, 6.45) is 2.89. The molecule has 1 aliphatic rings. The number of rotatable bonds is 4. The van der Waals surface area contributed by atoms with Gasteiger partial charge in [-0.1, -0.05) is 23.5 Å². The van der Waals surface area contributed by atoms with Crippen molar-refractivity contribution >= 4 is 22.6 Å². The lowest BCUT2D eigenvalue weighted by atomic mass is 10.1. The Morgan fingerprint density at radius 3 is 2.64 bits per heavy atom. The molecule has 0 saturated carbocycles. The Balaban J connectivity index is 1.88. The Bertz CT molecular complexity index is 653. The van der Waals surface area contributed by atoms with Crippen molar-refractivity contribution in [1.29, 1.82) is 0 Å². The van der Waals surface area contributed by atoms with E-state index in [1.807, 2.05) is 0 Å². The molecule has 0 radical (unpaired) electrons. The van der Waals surface area contributed by atoms with Gasteiger partial charge in [0, 0.05) is 19.3 Å². The second kappa shape index (κ2) is 6.31. The van der Waals surface area contributed by atoms with Crippen molar-refractivity contribution in [3.05, 3.63) is 46.7 Å². The van der Waals surface area contributed by atoms with E-state index in [0.717, 1.165) is 35.9 Å². The molecule has 2 aromatic rings. The van der Waals surface area contributed by atoms with Crippen molar-refractivity contribution in [3.8, 4) is 0 Å². The molecule has 0 aliphatic carbocycles. The number of hydrogen-bond acceptors (Lipinski definition) is 4. The maximum atomic E-state index is 13.1. The highest BCUT2D eigenvalue weighted by atomic mass is 32.1. The molecule has 0 bridgehead atoms. The van der Waals surface area contributed by atoms with Gasteiger partial charge in [0.05, 0.1) is 10.9 Å². The van der Waals surface area contributed by atoms with Crippen LogP contribution in [0.1, 0.15) is 29.3 Å². The molecule has 0 spiro atoms. The largest absolute Gasteiger partial charge is 0.465 e. The molecule has 2 N–H and O–H groups in total. The SMILES string of the molecule is O=C(O)NC(c1ccc(F)cc1)c1cnc(N2CCCC2)s1. The van der Waals surface area contributed by atoms with Gasteiger partial charge in [-0.05, 0) is 30.5 Å². The number of carboxylic acid groups (broad SMARTS) is 1. The third-order valence-electron chi connectivity index (χ3n) is 3.64. The van der Waals surface area contributed by atoms with Gasteiger partial charge in [0.15, 0.2) is 5.13 Å². The molecule has 5 nitrogen and oxygen atoms in total. The van der Waals surface area contributed by atoms with E-state index in [0.29, 0.717) is 5.56 Å². The molecule has 1 atom stereocenters. The molecule has 22 heavy (non-hydrogen) atoms. The van der Waals surface area contributed by atoms with Crippen LogP contribution in [-0.2, 0) is 0 Å². The summed E-state index contributed by atoms with van der Waals surface area (Å²) in [5.74, 6) is -0.347. The van der Waals surface area contributed by atoms with Crippen LogP contribution in [0.4, 0.5) is 14.3 Å². The van der Waals surface area contributed by atoms with E-state index in [1.165, 1.54) is 23.5 Å². The second-order valence-electron chi connectivity index (χ2n) is 5.17. The maximum Gasteiger partial charge on any atom is 0.405 e. The molecular weight excluding hydrogens is 305 g/mol. The van der Waals surface area contributed by atoms with Gasteiger partial charge >= 0.3 is 6.09 Å². The molecule has 1 fully saturated rings. The van der Waals surface area contributed by atoms with E-state index in [1.54, 1.807) is 18.3 Å². The Morgan fingerprint density at radius 1 is 1.32 bits per heavy atom.